The molecule has 0 unspecified atom stereocenters. The minimum atomic E-state index is -0.246. The van der Waals surface area contributed by atoms with Crippen LogP contribution in [-0.2, 0) is 6.42 Å². The van der Waals surface area contributed by atoms with Crippen LogP contribution in [0, 0.1) is 0 Å². The van der Waals surface area contributed by atoms with Crippen LogP contribution in [0.1, 0.15) is 22.8 Å². The van der Waals surface area contributed by atoms with Crippen molar-refractivity contribution in [3.05, 3.63) is 59.7 Å². The topological polar surface area (TPSA) is 56.4 Å². The van der Waals surface area contributed by atoms with Crippen LogP contribution in [0.3, 0.4) is 0 Å². The Kier molecular flexibility index (Phi) is 6.14. The Morgan fingerprint density at radius 1 is 1.08 bits per heavy atom. The summed E-state index contributed by atoms with van der Waals surface area (Å²) in [7, 11) is 3.86. The number of rotatable bonds is 4. The molecule has 6 heteroatoms. The smallest absolute Gasteiger partial charge is 0.269 e. The summed E-state index contributed by atoms with van der Waals surface area (Å²) >= 11 is 5.19. The fourth-order valence-corrected chi connectivity index (χ4v) is 2.27. The van der Waals surface area contributed by atoms with Gasteiger partial charge in [-0.25, -0.2) is 0 Å². The van der Waals surface area contributed by atoms with Gasteiger partial charge in [-0.3, -0.25) is 15.6 Å². The molecule has 0 fully saturated rings. The molecule has 0 radical (unpaired) electrons. The van der Waals surface area contributed by atoms with Gasteiger partial charge in [-0.1, -0.05) is 25.1 Å². The van der Waals surface area contributed by atoms with E-state index >= 15 is 0 Å². The maximum atomic E-state index is 12.2. The van der Waals surface area contributed by atoms with Gasteiger partial charge in [0.2, 0.25) is 0 Å². The molecule has 5 nitrogen and oxygen atoms in total. The zero-order valence-corrected chi connectivity index (χ0v) is 14.9. The lowest BCUT2D eigenvalue weighted by molar-refractivity contribution is 0.0944. The number of aryl methyl sites for hydroxylation is 1. The second-order valence-corrected chi connectivity index (χ2v) is 5.94. The lowest BCUT2D eigenvalue weighted by atomic mass is 10.1. The van der Waals surface area contributed by atoms with Crippen molar-refractivity contribution in [1.82, 2.24) is 10.9 Å². The third-order valence-corrected chi connectivity index (χ3v) is 3.74. The van der Waals surface area contributed by atoms with E-state index in [1.807, 2.05) is 61.5 Å². The van der Waals surface area contributed by atoms with E-state index in [0.29, 0.717) is 10.7 Å². The predicted octanol–water partition coefficient (Wildman–Crippen LogP) is 2.95. The zero-order chi connectivity index (χ0) is 17.5. The molecule has 3 N–H and O–H groups in total. The highest BCUT2D eigenvalue weighted by Crippen LogP contribution is 2.13. The molecule has 0 aliphatic rings. The van der Waals surface area contributed by atoms with Crippen LogP contribution in [-0.4, -0.2) is 25.1 Å². The first-order chi connectivity index (χ1) is 11.5. The number of amides is 1. The van der Waals surface area contributed by atoms with Crippen LogP contribution in [0.25, 0.3) is 0 Å². The van der Waals surface area contributed by atoms with Gasteiger partial charge in [-0.05, 0) is 54.5 Å². The van der Waals surface area contributed by atoms with Gasteiger partial charge >= 0.3 is 0 Å². The first-order valence-corrected chi connectivity index (χ1v) is 8.14. The van der Waals surface area contributed by atoms with E-state index in [1.54, 1.807) is 6.07 Å². The Morgan fingerprint density at radius 2 is 1.79 bits per heavy atom. The Hall–Kier alpha value is -2.60. The summed E-state index contributed by atoms with van der Waals surface area (Å²) in [6.07, 6.45) is 0.991. The second kappa shape index (κ2) is 8.31. The first-order valence-electron chi connectivity index (χ1n) is 7.73. The quantitative estimate of drug-likeness (QED) is 0.589. The van der Waals surface area contributed by atoms with E-state index in [0.717, 1.165) is 17.8 Å². The SMILES string of the molecule is CCc1ccc(NC(=S)NNC(=O)c2cccc(N(C)C)c2)cc1. The number of thiocarbonyl (C=S) groups is 1. The molecule has 0 saturated heterocycles. The molecule has 2 rings (SSSR count). The number of carbonyl (C=O) groups is 1. The van der Waals surface area contributed by atoms with Gasteiger partial charge in [-0.15, -0.1) is 0 Å². The maximum absolute atomic E-state index is 12.2. The highest BCUT2D eigenvalue weighted by atomic mass is 32.1. The van der Waals surface area contributed by atoms with Crippen LogP contribution >= 0.6 is 12.2 Å². The van der Waals surface area contributed by atoms with Crippen molar-refractivity contribution in [2.75, 3.05) is 24.3 Å². The Labute approximate surface area is 148 Å². The summed E-state index contributed by atoms with van der Waals surface area (Å²) in [6, 6.07) is 15.3. The van der Waals surface area contributed by atoms with Gasteiger partial charge in [0.15, 0.2) is 5.11 Å². The van der Waals surface area contributed by atoms with Crippen molar-refractivity contribution in [3.63, 3.8) is 0 Å². The molecule has 0 bridgehead atoms. The van der Waals surface area contributed by atoms with Crippen LogP contribution < -0.4 is 21.1 Å². The molecular formula is C18H22N4OS. The molecule has 126 valence electrons. The van der Waals surface area contributed by atoms with Crippen molar-refractivity contribution in [2.24, 2.45) is 0 Å². The van der Waals surface area contributed by atoms with Gasteiger partial charge in [0, 0.05) is 31.0 Å². The highest BCUT2D eigenvalue weighted by Gasteiger charge is 2.07. The molecule has 2 aromatic carbocycles. The molecule has 0 saturated carbocycles. The lowest BCUT2D eigenvalue weighted by Gasteiger charge is -2.14. The predicted molar refractivity (Wildman–Crippen MR) is 103 cm³/mol. The van der Waals surface area contributed by atoms with E-state index in [-0.39, 0.29) is 5.91 Å². The standard InChI is InChI=1S/C18H22N4OS/c1-4-13-8-10-15(11-9-13)19-18(24)21-20-17(23)14-6-5-7-16(12-14)22(2)3/h5-12H,4H2,1-3H3,(H,20,23)(H2,19,21,24). The normalized spacial score (nSPS) is 9.96. The lowest BCUT2D eigenvalue weighted by Crippen LogP contribution is -2.43. The van der Waals surface area contributed by atoms with E-state index in [9.17, 15) is 4.79 Å². The van der Waals surface area contributed by atoms with Gasteiger partial charge in [0.05, 0.1) is 0 Å². The number of nitrogens with zero attached hydrogens (tertiary/aromatic N) is 1. The Balaban J connectivity index is 1.88. The second-order valence-electron chi connectivity index (χ2n) is 5.53. The van der Waals surface area contributed by atoms with Gasteiger partial charge in [-0.2, -0.15) is 0 Å². The molecular weight excluding hydrogens is 320 g/mol. The van der Waals surface area contributed by atoms with Crippen LogP contribution in [0.5, 0.6) is 0 Å². The maximum Gasteiger partial charge on any atom is 0.269 e. The van der Waals surface area contributed by atoms with Crippen molar-refractivity contribution < 1.29 is 4.79 Å². The summed E-state index contributed by atoms with van der Waals surface area (Å²) in [6.45, 7) is 2.11. The number of hydrogen-bond acceptors (Lipinski definition) is 3. The average Bonchev–Trinajstić information content (AvgIpc) is 2.60. The summed E-state index contributed by atoms with van der Waals surface area (Å²) in [5.41, 5.74) is 8.95. The minimum absolute atomic E-state index is 0.246. The summed E-state index contributed by atoms with van der Waals surface area (Å²) in [5, 5.41) is 3.36. The van der Waals surface area contributed by atoms with Crippen LogP contribution in [0.4, 0.5) is 11.4 Å². The molecule has 2 aromatic rings. The van der Waals surface area contributed by atoms with E-state index < -0.39 is 0 Å². The molecule has 24 heavy (non-hydrogen) atoms. The number of benzene rings is 2. The monoisotopic (exact) mass is 342 g/mol. The summed E-state index contributed by atoms with van der Waals surface area (Å²) in [5.74, 6) is -0.246. The zero-order valence-electron chi connectivity index (χ0n) is 14.1. The van der Waals surface area contributed by atoms with Gasteiger partial charge in [0.1, 0.15) is 0 Å². The number of anilines is 2. The fraction of sp³-hybridized carbons (Fsp3) is 0.222. The number of hydrogen-bond donors (Lipinski definition) is 3. The molecule has 0 aliphatic carbocycles. The largest absolute Gasteiger partial charge is 0.378 e. The van der Waals surface area contributed by atoms with Crippen LogP contribution in [0.15, 0.2) is 48.5 Å². The van der Waals surface area contributed by atoms with Crippen molar-refractivity contribution in [1.29, 1.82) is 0 Å². The van der Waals surface area contributed by atoms with Crippen molar-refractivity contribution in [3.8, 4) is 0 Å². The number of hydrazine groups is 1. The van der Waals surface area contributed by atoms with Crippen LogP contribution in [0.2, 0.25) is 0 Å². The summed E-state index contributed by atoms with van der Waals surface area (Å²) in [4.78, 5) is 14.1. The number of carbonyl (C=O) groups excluding carboxylic acids is 1. The van der Waals surface area contributed by atoms with Gasteiger partial charge < -0.3 is 10.2 Å². The number of nitrogens with one attached hydrogen (secondary N) is 3. The highest BCUT2D eigenvalue weighted by molar-refractivity contribution is 7.80. The third kappa shape index (κ3) is 4.96. The molecule has 0 atom stereocenters. The minimum Gasteiger partial charge on any atom is -0.378 e. The molecule has 1 amide bonds. The van der Waals surface area contributed by atoms with Gasteiger partial charge in [0.25, 0.3) is 5.91 Å². The van der Waals surface area contributed by atoms with Crippen molar-refractivity contribution >= 4 is 34.6 Å². The van der Waals surface area contributed by atoms with E-state index in [2.05, 4.69) is 23.1 Å². The molecule has 0 aromatic heterocycles. The average molecular weight is 342 g/mol. The Bertz CT molecular complexity index is 713. The third-order valence-electron chi connectivity index (χ3n) is 3.53. The van der Waals surface area contributed by atoms with E-state index in [1.165, 1.54) is 5.56 Å². The van der Waals surface area contributed by atoms with Crippen molar-refractivity contribution in [2.45, 2.75) is 13.3 Å². The molecule has 0 aliphatic heterocycles. The molecule has 0 spiro atoms. The Morgan fingerprint density at radius 3 is 2.42 bits per heavy atom. The fourth-order valence-electron chi connectivity index (χ4n) is 2.10. The van der Waals surface area contributed by atoms with E-state index in [4.69, 9.17) is 12.2 Å². The summed E-state index contributed by atoms with van der Waals surface area (Å²) < 4.78 is 0. The first kappa shape index (κ1) is 17.7. The molecule has 0 heterocycles.